The summed E-state index contributed by atoms with van der Waals surface area (Å²) in [4.78, 5) is 14.2. The van der Waals surface area contributed by atoms with Crippen molar-refractivity contribution in [1.82, 2.24) is 4.90 Å². The molecular weight excluding hydrogens is 212 g/mol. The molecule has 2 rings (SSSR count). The molecule has 1 aliphatic heterocycles. The Kier molecular flexibility index (Phi) is 3.79. The number of carbonyl (C=O) groups is 1. The molecule has 92 valence electrons. The van der Waals surface area contributed by atoms with Crippen molar-refractivity contribution in [2.24, 2.45) is 11.7 Å². The number of benzene rings is 1. The quantitative estimate of drug-likeness (QED) is 0.845. The molecule has 0 aromatic heterocycles. The first-order valence-corrected chi connectivity index (χ1v) is 6.26. The fourth-order valence-electron chi connectivity index (χ4n) is 2.40. The van der Waals surface area contributed by atoms with Crippen molar-refractivity contribution in [2.75, 3.05) is 19.6 Å². The standard InChI is InChI=1S/C14H20N2O/c1-11-4-2-6-13(8-11)14(17)16-7-3-5-12(9-15)10-16/h2,4,6,8,12H,3,5,7,9-10,15H2,1H3/t12-/m1/s1. The molecular formula is C14H20N2O. The smallest absolute Gasteiger partial charge is 0.253 e. The van der Waals surface area contributed by atoms with Gasteiger partial charge in [-0.2, -0.15) is 0 Å². The van der Waals surface area contributed by atoms with Gasteiger partial charge in [0.2, 0.25) is 0 Å². The number of piperidine rings is 1. The molecule has 1 heterocycles. The number of nitrogens with zero attached hydrogens (tertiary/aromatic N) is 1. The zero-order valence-corrected chi connectivity index (χ0v) is 10.4. The van der Waals surface area contributed by atoms with Crippen LogP contribution in [0.25, 0.3) is 0 Å². The zero-order valence-electron chi connectivity index (χ0n) is 10.4. The average Bonchev–Trinajstić information content (AvgIpc) is 2.38. The van der Waals surface area contributed by atoms with Crippen LogP contribution in [0.1, 0.15) is 28.8 Å². The van der Waals surface area contributed by atoms with Crippen LogP contribution in [0.3, 0.4) is 0 Å². The van der Waals surface area contributed by atoms with E-state index in [-0.39, 0.29) is 5.91 Å². The van der Waals surface area contributed by atoms with Crippen LogP contribution in [0.5, 0.6) is 0 Å². The minimum atomic E-state index is 0.145. The third kappa shape index (κ3) is 2.86. The second-order valence-corrected chi connectivity index (χ2v) is 4.86. The number of aryl methyl sites for hydroxylation is 1. The molecule has 1 aliphatic rings. The molecule has 1 fully saturated rings. The van der Waals surface area contributed by atoms with Gasteiger partial charge in [0, 0.05) is 18.7 Å². The Morgan fingerprint density at radius 2 is 2.35 bits per heavy atom. The largest absolute Gasteiger partial charge is 0.338 e. The van der Waals surface area contributed by atoms with E-state index in [9.17, 15) is 4.79 Å². The molecule has 3 nitrogen and oxygen atoms in total. The molecule has 2 N–H and O–H groups in total. The van der Waals surface area contributed by atoms with Gasteiger partial charge in [-0.05, 0) is 44.4 Å². The molecule has 0 radical (unpaired) electrons. The maximum atomic E-state index is 12.3. The van der Waals surface area contributed by atoms with Crippen molar-refractivity contribution in [3.8, 4) is 0 Å². The van der Waals surface area contributed by atoms with Gasteiger partial charge in [0.15, 0.2) is 0 Å². The maximum Gasteiger partial charge on any atom is 0.253 e. The molecule has 1 aromatic carbocycles. The van der Waals surface area contributed by atoms with E-state index in [1.54, 1.807) is 0 Å². The Morgan fingerprint density at radius 3 is 3.06 bits per heavy atom. The highest BCUT2D eigenvalue weighted by Crippen LogP contribution is 2.18. The first-order chi connectivity index (χ1) is 8.20. The van der Waals surface area contributed by atoms with Gasteiger partial charge in [-0.1, -0.05) is 17.7 Å². The molecule has 1 saturated heterocycles. The summed E-state index contributed by atoms with van der Waals surface area (Å²) in [5, 5.41) is 0. The van der Waals surface area contributed by atoms with Crippen LogP contribution >= 0.6 is 0 Å². The van der Waals surface area contributed by atoms with Gasteiger partial charge in [0.1, 0.15) is 0 Å². The van der Waals surface area contributed by atoms with Crippen molar-refractivity contribution in [1.29, 1.82) is 0 Å². The maximum absolute atomic E-state index is 12.3. The SMILES string of the molecule is Cc1cccc(C(=O)N2CCC[C@H](CN)C2)c1. The Labute approximate surface area is 103 Å². The Balaban J connectivity index is 2.09. The summed E-state index contributed by atoms with van der Waals surface area (Å²) in [6.45, 7) is 4.36. The zero-order chi connectivity index (χ0) is 12.3. The average molecular weight is 232 g/mol. The van der Waals surface area contributed by atoms with E-state index in [1.807, 2.05) is 36.1 Å². The highest BCUT2D eigenvalue weighted by Gasteiger charge is 2.23. The molecule has 0 saturated carbocycles. The lowest BCUT2D eigenvalue weighted by atomic mass is 9.97. The van der Waals surface area contributed by atoms with Gasteiger partial charge in [-0.25, -0.2) is 0 Å². The van der Waals surface area contributed by atoms with E-state index in [1.165, 1.54) is 0 Å². The molecule has 17 heavy (non-hydrogen) atoms. The van der Waals surface area contributed by atoms with Crippen LogP contribution in [-0.4, -0.2) is 30.4 Å². The van der Waals surface area contributed by atoms with E-state index in [2.05, 4.69) is 0 Å². The summed E-state index contributed by atoms with van der Waals surface area (Å²) >= 11 is 0. The number of rotatable bonds is 2. The third-order valence-electron chi connectivity index (χ3n) is 3.40. The molecule has 1 atom stereocenters. The van der Waals surface area contributed by atoms with E-state index in [0.29, 0.717) is 12.5 Å². The Morgan fingerprint density at radius 1 is 1.53 bits per heavy atom. The fraction of sp³-hybridized carbons (Fsp3) is 0.500. The highest BCUT2D eigenvalue weighted by molar-refractivity contribution is 5.94. The molecule has 0 unspecified atom stereocenters. The first kappa shape index (κ1) is 12.1. The number of hydrogen-bond acceptors (Lipinski definition) is 2. The van der Waals surface area contributed by atoms with Crippen molar-refractivity contribution < 1.29 is 4.79 Å². The van der Waals surface area contributed by atoms with Crippen molar-refractivity contribution in [3.63, 3.8) is 0 Å². The Hall–Kier alpha value is -1.35. The van der Waals surface area contributed by atoms with Crippen molar-refractivity contribution in [2.45, 2.75) is 19.8 Å². The van der Waals surface area contributed by atoms with Gasteiger partial charge in [-0.3, -0.25) is 4.79 Å². The topological polar surface area (TPSA) is 46.3 Å². The van der Waals surface area contributed by atoms with E-state index < -0.39 is 0 Å². The van der Waals surface area contributed by atoms with Crippen molar-refractivity contribution >= 4 is 5.91 Å². The summed E-state index contributed by atoms with van der Waals surface area (Å²) in [5.74, 6) is 0.615. The van der Waals surface area contributed by atoms with E-state index >= 15 is 0 Å². The van der Waals surface area contributed by atoms with E-state index in [4.69, 9.17) is 5.73 Å². The highest BCUT2D eigenvalue weighted by atomic mass is 16.2. The minimum absolute atomic E-state index is 0.145. The number of likely N-dealkylation sites (tertiary alicyclic amines) is 1. The van der Waals surface area contributed by atoms with Crippen LogP contribution in [-0.2, 0) is 0 Å². The van der Waals surface area contributed by atoms with Crippen molar-refractivity contribution in [3.05, 3.63) is 35.4 Å². The number of carbonyl (C=O) groups excluding carboxylic acids is 1. The summed E-state index contributed by atoms with van der Waals surface area (Å²) in [5.41, 5.74) is 7.61. The molecule has 0 bridgehead atoms. The van der Waals surface area contributed by atoms with Gasteiger partial charge >= 0.3 is 0 Å². The lowest BCUT2D eigenvalue weighted by Gasteiger charge is -2.32. The summed E-state index contributed by atoms with van der Waals surface area (Å²) in [6.07, 6.45) is 2.22. The normalized spacial score (nSPS) is 20.4. The van der Waals surface area contributed by atoms with Crippen LogP contribution in [0.2, 0.25) is 0 Å². The second kappa shape index (κ2) is 5.32. The predicted octanol–water partition coefficient (Wildman–Crippen LogP) is 1.81. The van der Waals surface area contributed by atoms with Crippen LogP contribution in [0, 0.1) is 12.8 Å². The number of amides is 1. The molecule has 0 aliphatic carbocycles. The number of hydrogen-bond donors (Lipinski definition) is 1. The molecule has 0 spiro atoms. The summed E-state index contributed by atoms with van der Waals surface area (Å²) < 4.78 is 0. The van der Waals surface area contributed by atoms with Crippen LogP contribution < -0.4 is 5.73 Å². The van der Waals surface area contributed by atoms with Crippen LogP contribution in [0.15, 0.2) is 24.3 Å². The van der Waals surface area contributed by atoms with Gasteiger partial charge in [0.05, 0.1) is 0 Å². The third-order valence-corrected chi connectivity index (χ3v) is 3.40. The lowest BCUT2D eigenvalue weighted by Crippen LogP contribution is -2.42. The first-order valence-electron chi connectivity index (χ1n) is 6.26. The molecule has 1 amide bonds. The lowest BCUT2D eigenvalue weighted by molar-refractivity contribution is 0.0678. The Bertz CT molecular complexity index is 403. The monoisotopic (exact) mass is 232 g/mol. The fourth-order valence-corrected chi connectivity index (χ4v) is 2.40. The van der Waals surface area contributed by atoms with Gasteiger partial charge in [0.25, 0.3) is 5.91 Å². The van der Waals surface area contributed by atoms with Gasteiger partial charge in [-0.15, -0.1) is 0 Å². The number of nitrogens with two attached hydrogens (primary N) is 1. The molecule has 1 aromatic rings. The predicted molar refractivity (Wildman–Crippen MR) is 68.9 cm³/mol. The van der Waals surface area contributed by atoms with Gasteiger partial charge < -0.3 is 10.6 Å². The summed E-state index contributed by atoms with van der Waals surface area (Å²) in [7, 11) is 0. The van der Waals surface area contributed by atoms with E-state index in [0.717, 1.165) is 37.1 Å². The molecule has 3 heteroatoms. The minimum Gasteiger partial charge on any atom is -0.338 e. The second-order valence-electron chi connectivity index (χ2n) is 4.86. The van der Waals surface area contributed by atoms with Crippen LogP contribution in [0.4, 0.5) is 0 Å². The summed E-state index contributed by atoms with van der Waals surface area (Å²) in [6, 6.07) is 7.79.